The Balaban J connectivity index is 2.12. The van der Waals surface area contributed by atoms with Crippen LogP contribution in [-0.4, -0.2) is 40.1 Å². The first-order chi connectivity index (χ1) is 8.19. The Hall–Kier alpha value is -0.970. The van der Waals surface area contributed by atoms with E-state index in [0.29, 0.717) is 10.5 Å². The van der Waals surface area contributed by atoms with Crippen LogP contribution in [0.1, 0.15) is 20.8 Å². The number of thioether (sulfide) groups is 1. The van der Waals surface area contributed by atoms with Gasteiger partial charge in [0.25, 0.3) is 0 Å². The highest BCUT2D eigenvalue weighted by atomic mass is 32.2. The topological polar surface area (TPSA) is 41.1 Å². The first kappa shape index (κ1) is 12.5. The van der Waals surface area contributed by atoms with Gasteiger partial charge in [-0.05, 0) is 13.0 Å². The first-order valence-electron chi connectivity index (χ1n) is 6.16. The average Bonchev–Trinajstić information content (AvgIpc) is 2.28. The molecule has 0 aromatic carbocycles. The van der Waals surface area contributed by atoms with Crippen LogP contribution in [0, 0.1) is 0 Å². The van der Waals surface area contributed by atoms with Crippen molar-refractivity contribution >= 4 is 23.5 Å². The van der Waals surface area contributed by atoms with Crippen LogP contribution in [0.25, 0.3) is 0 Å². The molecule has 0 spiro atoms. The van der Waals surface area contributed by atoms with Crippen LogP contribution in [-0.2, 0) is 0 Å². The predicted octanol–water partition coefficient (Wildman–Crippen LogP) is 2.24. The third kappa shape index (κ3) is 3.25. The van der Waals surface area contributed by atoms with Crippen molar-refractivity contribution in [3.63, 3.8) is 0 Å². The molecule has 1 aliphatic heterocycles. The molecular weight excluding hydrogens is 232 g/mol. The number of aromatic nitrogens is 2. The molecule has 5 heteroatoms. The molecule has 1 aromatic heterocycles. The first-order valence-corrected chi connectivity index (χ1v) is 7.10. The van der Waals surface area contributed by atoms with Crippen LogP contribution in [0.3, 0.4) is 0 Å². The fourth-order valence-electron chi connectivity index (χ4n) is 2.13. The molecule has 1 aromatic rings. The molecule has 1 saturated heterocycles. The minimum absolute atomic E-state index is 0.663. The summed E-state index contributed by atoms with van der Waals surface area (Å²) in [5.74, 6) is 1.76. The van der Waals surface area contributed by atoms with Crippen molar-refractivity contribution in [3.05, 3.63) is 12.3 Å². The SMILES string of the molecule is CCNc1nccc(N2CC(C)SC(C)C2)n1. The Morgan fingerprint density at radius 3 is 2.76 bits per heavy atom. The molecule has 2 unspecified atom stereocenters. The van der Waals surface area contributed by atoms with Crippen LogP contribution in [0.4, 0.5) is 11.8 Å². The van der Waals surface area contributed by atoms with Crippen LogP contribution < -0.4 is 10.2 Å². The Kier molecular flexibility index (Phi) is 4.10. The summed E-state index contributed by atoms with van der Waals surface area (Å²) >= 11 is 2.05. The zero-order chi connectivity index (χ0) is 12.3. The van der Waals surface area contributed by atoms with E-state index in [2.05, 4.69) is 52.7 Å². The molecule has 1 aliphatic rings. The van der Waals surface area contributed by atoms with Gasteiger partial charge in [0.05, 0.1) is 0 Å². The molecule has 94 valence electrons. The maximum Gasteiger partial charge on any atom is 0.224 e. The van der Waals surface area contributed by atoms with Crippen LogP contribution >= 0.6 is 11.8 Å². The van der Waals surface area contributed by atoms with E-state index in [0.717, 1.165) is 31.4 Å². The molecule has 0 amide bonds. The van der Waals surface area contributed by atoms with E-state index >= 15 is 0 Å². The summed E-state index contributed by atoms with van der Waals surface area (Å²) < 4.78 is 0. The minimum Gasteiger partial charge on any atom is -0.354 e. The minimum atomic E-state index is 0.663. The monoisotopic (exact) mass is 252 g/mol. The molecule has 4 nitrogen and oxygen atoms in total. The smallest absolute Gasteiger partial charge is 0.224 e. The van der Waals surface area contributed by atoms with E-state index in [-0.39, 0.29) is 0 Å². The number of nitrogens with one attached hydrogen (secondary N) is 1. The van der Waals surface area contributed by atoms with Gasteiger partial charge in [-0.3, -0.25) is 0 Å². The molecule has 0 saturated carbocycles. The van der Waals surface area contributed by atoms with E-state index in [4.69, 9.17) is 0 Å². The third-order valence-electron chi connectivity index (χ3n) is 2.72. The second-order valence-corrected chi connectivity index (χ2v) is 6.31. The molecule has 0 radical (unpaired) electrons. The van der Waals surface area contributed by atoms with Crippen molar-refractivity contribution in [1.82, 2.24) is 9.97 Å². The summed E-state index contributed by atoms with van der Waals surface area (Å²) in [5.41, 5.74) is 0. The van der Waals surface area contributed by atoms with E-state index in [1.807, 2.05) is 12.3 Å². The number of rotatable bonds is 3. The quantitative estimate of drug-likeness (QED) is 0.893. The van der Waals surface area contributed by atoms with Gasteiger partial charge in [-0.2, -0.15) is 16.7 Å². The van der Waals surface area contributed by atoms with Gasteiger partial charge in [0.1, 0.15) is 5.82 Å². The lowest BCUT2D eigenvalue weighted by Gasteiger charge is -2.35. The third-order valence-corrected chi connectivity index (χ3v) is 3.95. The molecule has 2 heterocycles. The Bertz CT molecular complexity index is 361. The molecule has 0 aliphatic carbocycles. The molecular formula is C12H20N4S. The number of anilines is 2. The van der Waals surface area contributed by atoms with Gasteiger partial charge in [-0.1, -0.05) is 13.8 Å². The lowest BCUT2D eigenvalue weighted by molar-refractivity contribution is 0.717. The summed E-state index contributed by atoms with van der Waals surface area (Å²) in [6.07, 6.45) is 1.83. The van der Waals surface area contributed by atoms with Gasteiger partial charge in [0.2, 0.25) is 5.95 Å². The Morgan fingerprint density at radius 2 is 2.12 bits per heavy atom. The van der Waals surface area contributed by atoms with E-state index in [1.54, 1.807) is 0 Å². The van der Waals surface area contributed by atoms with Gasteiger partial charge < -0.3 is 10.2 Å². The van der Waals surface area contributed by atoms with Gasteiger partial charge in [0.15, 0.2) is 0 Å². The van der Waals surface area contributed by atoms with E-state index in [9.17, 15) is 0 Å². The van der Waals surface area contributed by atoms with Crippen molar-refractivity contribution < 1.29 is 0 Å². The van der Waals surface area contributed by atoms with E-state index < -0.39 is 0 Å². The molecule has 17 heavy (non-hydrogen) atoms. The number of hydrogen-bond acceptors (Lipinski definition) is 5. The Morgan fingerprint density at radius 1 is 1.41 bits per heavy atom. The van der Waals surface area contributed by atoms with Crippen LogP contribution in [0.2, 0.25) is 0 Å². The van der Waals surface area contributed by atoms with Gasteiger partial charge in [-0.15, -0.1) is 0 Å². The van der Waals surface area contributed by atoms with Crippen molar-refractivity contribution in [2.24, 2.45) is 0 Å². The maximum atomic E-state index is 4.55. The molecule has 2 rings (SSSR count). The average molecular weight is 252 g/mol. The highest BCUT2D eigenvalue weighted by Crippen LogP contribution is 2.27. The van der Waals surface area contributed by atoms with Crippen LogP contribution in [0.15, 0.2) is 12.3 Å². The summed E-state index contributed by atoms with van der Waals surface area (Å²) in [6, 6.07) is 2.00. The van der Waals surface area contributed by atoms with Crippen molar-refractivity contribution in [3.8, 4) is 0 Å². The van der Waals surface area contributed by atoms with Crippen molar-refractivity contribution in [2.45, 2.75) is 31.3 Å². The maximum absolute atomic E-state index is 4.55. The normalized spacial score (nSPS) is 24.8. The fourth-order valence-corrected chi connectivity index (χ4v) is 3.46. The summed E-state index contributed by atoms with van der Waals surface area (Å²) in [5, 5.41) is 4.48. The van der Waals surface area contributed by atoms with Crippen LogP contribution in [0.5, 0.6) is 0 Å². The summed E-state index contributed by atoms with van der Waals surface area (Å²) in [7, 11) is 0. The highest BCUT2D eigenvalue weighted by Gasteiger charge is 2.23. The predicted molar refractivity (Wildman–Crippen MR) is 74.9 cm³/mol. The second kappa shape index (κ2) is 5.58. The summed E-state index contributed by atoms with van der Waals surface area (Å²) in [4.78, 5) is 11.1. The van der Waals surface area contributed by atoms with E-state index in [1.165, 1.54) is 0 Å². The largest absolute Gasteiger partial charge is 0.354 e. The lowest BCUT2D eigenvalue weighted by atomic mass is 10.3. The van der Waals surface area contributed by atoms with Crippen molar-refractivity contribution in [1.29, 1.82) is 0 Å². The zero-order valence-corrected chi connectivity index (χ0v) is 11.5. The number of hydrogen-bond donors (Lipinski definition) is 1. The highest BCUT2D eigenvalue weighted by molar-refractivity contribution is 8.00. The van der Waals surface area contributed by atoms with Gasteiger partial charge >= 0.3 is 0 Å². The molecule has 1 N–H and O–H groups in total. The number of nitrogens with zero attached hydrogens (tertiary/aromatic N) is 3. The molecule has 1 fully saturated rings. The van der Waals surface area contributed by atoms with Gasteiger partial charge in [0, 0.05) is 36.3 Å². The summed E-state index contributed by atoms with van der Waals surface area (Å²) in [6.45, 7) is 9.60. The lowest BCUT2D eigenvalue weighted by Crippen LogP contribution is -2.40. The van der Waals surface area contributed by atoms with Crippen molar-refractivity contribution in [2.75, 3.05) is 29.9 Å². The van der Waals surface area contributed by atoms with Gasteiger partial charge in [-0.25, -0.2) is 4.98 Å². The molecule has 0 bridgehead atoms. The molecule has 2 atom stereocenters. The second-order valence-electron chi connectivity index (χ2n) is 4.43. The standard InChI is InChI=1S/C12H20N4S/c1-4-13-12-14-6-5-11(15-12)16-7-9(2)17-10(3)8-16/h5-6,9-10H,4,7-8H2,1-3H3,(H,13,14,15). The Labute approximate surface area is 107 Å². The zero-order valence-electron chi connectivity index (χ0n) is 10.7. The fraction of sp³-hybridized carbons (Fsp3) is 0.667.